The Bertz CT molecular complexity index is 1400. The van der Waals surface area contributed by atoms with Gasteiger partial charge in [0.1, 0.15) is 11.5 Å². The van der Waals surface area contributed by atoms with Crippen molar-refractivity contribution in [1.82, 2.24) is 0 Å². The Hall–Kier alpha value is -3.41. The van der Waals surface area contributed by atoms with Gasteiger partial charge in [-0.3, -0.25) is 0 Å². The zero-order valence-electron chi connectivity index (χ0n) is 31.8. The van der Waals surface area contributed by atoms with Gasteiger partial charge in [0, 0.05) is 13.2 Å². The second-order valence-corrected chi connectivity index (χ2v) is 14.3. The predicted molar refractivity (Wildman–Crippen MR) is 218 cm³/mol. The lowest BCUT2D eigenvalue weighted by Gasteiger charge is -2.35. The highest BCUT2D eigenvalue weighted by Gasteiger charge is 2.36. The fourth-order valence-corrected chi connectivity index (χ4v) is 7.71. The van der Waals surface area contributed by atoms with Crippen LogP contribution in [0.4, 0.5) is 0 Å². The van der Waals surface area contributed by atoms with Crippen molar-refractivity contribution in [3.8, 4) is 11.5 Å². The molecule has 0 aromatic heterocycles. The average Bonchev–Trinajstić information content (AvgIpc) is 3.21. The van der Waals surface area contributed by atoms with Gasteiger partial charge in [0.2, 0.25) is 0 Å². The second-order valence-electron chi connectivity index (χ2n) is 13.0. The molecule has 294 valence electrons. The molecule has 0 fully saturated rings. The maximum Gasteiger partial charge on any atom is 0.119 e. The molecule has 0 saturated heterocycles. The molecule has 0 amide bonds. The monoisotopic (exact) mass is 760 g/mol. The molecule has 54 heavy (non-hydrogen) atoms. The number of phenols is 2. The summed E-state index contributed by atoms with van der Waals surface area (Å²) in [6, 6.07) is 37.2. The lowest BCUT2D eigenvalue weighted by molar-refractivity contribution is -0.0169. The van der Waals surface area contributed by atoms with Gasteiger partial charge < -0.3 is 38.6 Å². The van der Waals surface area contributed by atoms with E-state index in [2.05, 4.69) is 91.0 Å². The lowest BCUT2D eigenvalue weighted by Crippen LogP contribution is -2.26. The number of benzene rings is 4. The molecule has 0 aliphatic heterocycles. The number of hydrogen-bond acceptors (Lipinski definition) is 9. The van der Waals surface area contributed by atoms with Gasteiger partial charge in [0.05, 0.1) is 70.8 Å². The first-order valence-electron chi connectivity index (χ1n) is 19.5. The molecule has 0 radical (unpaired) electrons. The number of aryl methyl sites for hydroxylation is 1. The van der Waals surface area contributed by atoms with Crippen molar-refractivity contribution < 1.29 is 38.6 Å². The largest absolute Gasteiger partial charge is 0.508 e. The Morgan fingerprint density at radius 2 is 0.796 bits per heavy atom. The lowest BCUT2D eigenvalue weighted by atomic mass is 9.84. The molecule has 8 nitrogen and oxygen atoms in total. The van der Waals surface area contributed by atoms with Crippen LogP contribution in [0.25, 0.3) is 0 Å². The van der Waals surface area contributed by atoms with Gasteiger partial charge in [-0.25, -0.2) is 0 Å². The summed E-state index contributed by atoms with van der Waals surface area (Å²) in [7, 11) is 0. The molecule has 0 bridgehead atoms. The van der Waals surface area contributed by atoms with E-state index in [1.165, 1.54) is 28.8 Å². The van der Waals surface area contributed by atoms with Crippen LogP contribution in [0.3, 0.4) is 0 Å². The molecule has 0 spiro atoms. The van der Waals surface area contributed by atoms with E-state index in [-0.39, 0.29) is 16.2 Å². The van der Waals surface area contributed by atoms with Crippen LogP contribution in [0, 0.1) is 0 Å². The molecular formula is C45H60O8S. The number of aromatic hydroxyl groups is 2. The van der Waals surface area contributed by atoms with Gasteiger partial charge in [0.25, 0.3) is 0 Å². The highest BCUT2D eigenvalue weighted by atomic mass is 32.2. The maximum atomic E-state index is 9.83. The third-order valence-corrected chi connectivity index (χ3v) is 10.6. The minimum Gasteiger partial charge on any atom is -0.508 e. The Morgan fingerprint density at radius 3 is 1.24 bits per heavy atom. The van der Waals surface area contributed by atoms with Crippen molar-refractivity contribution in [3.05, 3.63) is 131 Å². The van der Waals surface area contributed by atoms with E-state index >= 15 is 0 Å². The number of hydrogen-bond donors (Lipinski definition) is 2. The summed E-state index contributed by atoms with van der Waals surface area (Å²) in [6.07, 6.45) is 6.93. The summed E-state index contributed by atoms with van der Waals surface area (Å²) in [6.45, 7) is 6.87. The predicted octanol–water partition coefficient (Wildman–Crippen LogP) is 8.81. The van der Waals surface area contributed by atoms with Crippen molar-refractivity contribution in [3.63, 3.8) is 0 Å². The van der Waals surface area contributed by atoms with E-state index in [1.807, 2.05) is 11.8 Å². The first-order valence-corrected chi connectivity index (χ1v) is 20.5. The number of thioether (sulfide) groups is 1. The van der Waals surface area contributed by atoms with Crippen LogP contribution < -0.4 is 0 Å². The quantitative estimate of drug-likeness (QED) is 0.0297. The average molecular weight is 761 g/mol. The molecule has 9 heteroatoms. The minimum atomic E-state index is -0.273. The summed E-state index contributed by atoms with van der Waals surface area (Å²) in [5, 5.41) is 19.4. The van der Waals surface area contributed by atoms with Gasteiger partial charge >= 0.3 is 0 Å². The molecule has 0 saturated carbocycles. The molecular weight excluding hydrogens is 701 g/mol. The van der Waals surface area contributed by atoms with Crippen LogP contribution in [0.2, 0.25) is 0 Å². The van der Waals surface area contributed by atoms with Crippen molar-refractivity contribution >= 4 is 11.8 Å². The zero-order chi connectivity index (χ0) is 37.8. The topological polar surface area (TPSA) is 95.8 Å². The van der Waals surface area contributed by atoms with Gasteiger partial charge in [0.15, 0.2) is 0 Å². The number of ether oxygens (including phenoxy) is 6. The van der Waals surface area contributed by atoms with E-state index in [4.69, 9.17) is 28.4 Å². The summed E-state index contributed by atoms with van der Waals surface area (Å²) in [5.74, 6) is 1.45. The van der Waals surface area contributed by atoms with Crippen molar-refractivity contribution in [2.24, 2.45) is 0 Å². The van der Waals surface area contributed by atoms with Crippen molar-refractivity contribution in [1.29, 1.82) is 0 Å². The number of phenolic OH excluding ortho intramolecular Hbond substituents is 2. The standard InChI is InChI=1S/C45H60O8S/c46-43-23-24-44(47)39(38-43)16-6-1-2-13-25-48-27-29-50-31-33-52-35-36-53-34-32-51-30-28-49-26-14-15-37-54-45(40-17-7-3-8-18-40,41-19-9-4-10-20-41)42-21-11-5-12-22-42/h3-5,7-12,17-24,38,46-47H,1-2,6,13-16,25-37H2. The van der Waals surface area contributed by atoms with E-state index in [0.29, 0.717) is 72.7 Å². The Kier molecular flexibility index (Phi) is 21.8. The van der Waals surface area contributed by atoms with E-state index in [0.717, 1.165) is 62.9 Å². The van der Waals surface area contributed by atoms with E-state index in [9.17, 15) is 10.2 Å². The fourth-order valence-electron chi connectivity index (χ4n) is 6.15. The molecule has 0 aliphatic carbocycles. The molecule has 4 rings (SSSR count). The first-order chi connectivity index (χ1) is 26.7. The Morgan fingerprint density at radius 1 is 0.407 bits per heavy atom. The zero-order valence-corrected chi connectivity index (χ0v) is 32.6. The molecule has 4 aromatic rings. The molecule has 4 aromatic carbocycles. The summed E-state index contributed by atoms with van der Waals surface area (Å²) in [5.41, 5.74) is 4.68. The Labute approximate surface area is 327 Å². The molecule has 2 N–H and O–H groups in total. The third kappa shape index (κ3) is 16.1. The molecule has 0 atom stereocenters. The normalized spacial score (nSPS) is 11.6. The van der Waals surface area contributed by atoms with Crippen LogP contribution in [0.15, 0.2) is 109 Å². The van der Waals surface area contributed by atoms with Crippen LogP contribution in [0.1, 0.15) is 60.8 Å². The summed E-state index contributed by atoms with van der Waals surface area (Å²) in [4.78, 5) is 0. The number of unbranched alkanes of at least 4 members (excludes halogenated alkanes) is 4. The van der Waals surface area contributed by atoms with Crippen molar-refractivity contribution in [2.45, 2.75) is 49.7 Å². The SMILES string of the molecule is Oc1ccc(O)c(CCCCCCOCCOCCOCCOCCOCCOCCCCSC(c2ccccc2)(c2ccccc2)c2ccccc2)c1. The second kappa shape index (κ2) is 27.2. The molecule has 0 unspecified atom stereocenters. The maximum absolute atomic E-state index is 9.83. The smallest absolute Gasteiger partial charge is 0.119 e. The fraction of sp³-hybridized carbons (Fsp3) is 0.467. The summed E-state index contributed by atoms with van der Waals surface area (Å²) < 4.78 is 33.6. The van der Waals surface area contributed by atoms with Crippen LogP contribution in [-0.2, 0) is 39.6 Å². The molecule has 0 aliphatic rings. The Balaban J connectivity index is 0.906. The molecule has 0 heterocycles. The van der Waals surface area contributed by atoms with Crippen LogP contribution in [-0.4, -0.2) is 95.2 Å². The van der Waals surface area contributed by atoms with E-state index in [1.54, 1.807) is 6.07 Å². The minimum absolute atomic E-state index is 0.191. The third-order valence-electron chi connectivity index (χ3n) is 8.95. The van der Waals surface area contributed by atoms with Gasteiger partial charge in [-0.1, -0.05) is 104 Å². The first kappa shape index (κ1) is 43.3. The highest BCUT2D eigenvalue weighted by Crippen LogP contribution is 2.48. The highest BCUT2D eigenvalue weighted by molar-refractivity contribution is 8.00. The summed E-state index contributed by atoms with van der Waals surface area (Å²) >= 11 is 2.00. The van der Waals surface area contributed by atoms with Gasteiger partial charge in [-0.05, 0) is 78.3 Å². The van der Waals surface area contributed by atoms with Gasteiger partial charge in [-0.15, -0.1) is 11.8 Å². The van der Waals surface area contributed by atoms with Gasteiger partial charge in [-0.2, -0.15) is 0 Å². The number of rotatable bonds is 31. The van der Waals surface area contributed by atoms with Crippen LogP contribution >= 0.6 is 11.8 Å². The van der Waals surface area contributed by atoms with Crippen LogP contribution in [0.5, 0.6) is 11.5 Å². The van der Waals surface area contributed by atoms with Crippen molar-refractivity contribution in [2.75, 3.05) is 85.0 Å². The van der Waals surface area contributed by atoms with E-state index < -0.39 is 0 Å².